The number of carbonyl (C=O) groups excluding carboxylic acids is 3. The number of rotatable bonds is 22. The zero-order valence-corrected chi connectivity index (χ0v) is 42.0. The summed E-state index contributed by atoms with van der Waals surface area (Å²) in [4.78, 5) is 33.7. The molecule has 0 spiro atoms. The van der Waals surface area contributed by atoms with Gasteiger partial charge in [-0.25, -0.2) is 4.79 Å². The molecule has 3 aromatic carbocycles. The molecule has 6 nitrogen and oxygen atoms in total. The Labute approximate surface area is 390 Å². The molecule has 1 fully saturated rings. The summed E-state index contributed by atoms with van der Waals surface area (Å²) in [5.41, 5.74) is 8.06. The lowest BCUT2D eigenvalue weighted by molar-refractivity contribution is -0.120. The van der Waals surface area contributed by atoms with Crippen molar-refractivity contribution in [3.8, 4) is 11.5 Å². The predicted octanol–water partition coefficient (Wildman–Crippen LogP) is 17.0. The van der Waals surface area contributed by atoms with E-state index in [4.69, 9.17) is 14.2 Å². The highest BCUT2D eigenvalue weighted by atomic mass is 16.5. The van der Waals surface area contributed by atoms with Gasteiger partial charge in [-0.1, -0.05) is 166 Å². The lowest BCUT2D eigenvalue weighted by Gasteiger charge is -2.21. The summed E-state index contributed by atoms with van der Waals surface area (Å²) in [6, 6.07) is 20.6. The topological polar surface area (TPSA) is 78.9 Å². The summed E-state index contributed by atoms with van der Waals surface area (Å²) in [5.74, 6) is 2.24. The molecule has 1 aliphatic carbocycles. The van der Waals surface area contributed by atoms with Gasteiger partial charge in [0.25, 0.3) is 0 Å². The van der Waals surface area contributed by atoms with Crippen LogP contribution in [-0.4, -0.2) is 31.8 Å². The first-order valence-electron chi connectivity index (χ1n) is 24.1. The minimum absolute atomic E-state index is 0.233. The minimum atomic E-state index is -0.385. The third kappa shape index (κ3) is 25.4. The number of carbonyl (C=O) groups is 3. The lowest BCUT2D eigenvalue weighted by atomic mass is 9.82. The highest BCUT2D eigenvalue weighted by molar-refractivity contribution is 5.95. The number of unbranched alkanes of at least 4 members (excludes halogenated alkanes) is 7. The van der Waals surface area contributed by atoms with Crippen LogP contribution < -0.4 is 9.47 Å². The quantitative estimate of drug-likeness (QED) is 0.0250. The summed E-state index contributed by atoms with van der Waals surface area (Å²) >= 11 is 0. The molecule has 0 unspecified atom stereocenters. The molecule has 0 saturated heterocycles. The Balaban J connectivity index is 0.000000917. The molecule has 0 amide bonds. The summed E-state index contributed by atoms with van der Waals surface area (Å²) in [7, 11) is 1.58. The smallest absolute Gasteiger partial charge is 0.343 e. The standard InChI is InChI=1S/C25H32O4.C10H18.C8H8O.C8H18.C7H10O/c1-6-8-9-16-28-21-14-11-20(12-15-21)24(18(3)7-2)29-25(26)23-17-22(27-5)13-10-19(23)4;1-5-8-10(7-3)9(4)6-2;1-7-2-4-8(6-9)5-3-7;1-3-5-7-8-6-4-2;1-2-7(8)6-4-3-5-6/h10-15,17H,6-9,16H2,1-5H3;7H,3,5-6,8H2,1-2,4H3;2-6H,1H3;3-8H2,1-2H3;2,6H,1,3-5H2/b;10-9-;;;. The van der Waals surface area contributed by atoms with E-state index in [1.807, 2.05) is 94.4 Å². The van der Waals surface area contributed by atoms with Crippen LogP contribution in [0.1, 0.15) is 196 Å². The van der Waals surface area contributed by atoms with Crippen molar-refractivity contribution >= 4 is 23.8 Å². The maximum absolute atomic E-state index is 12.9. The van der Waals surface area contributed by atoms with Gasteiger partial charge in [-0.15, -0.1) is 0 Å². The van der Waals surface area contributed by atoms with Crippen LogP contribution in [0.4, 0.5) is 0 Å². The highest BCUT2D eigenvalue weighted by Gasteiger charge is 2.22. The van der Waals surface area contributed by atoms with Gasteiger partial charge in [0.05, 0.1) is 19.3 Å². The summed E-state index contributed by atoms with van der Waals surface area (Å²) in [6.07, 6.45) is 23.9. The van der Waals surface area contributed by atoms with Gasteiger partial charge in [0.2, 0.25) is 0 Å². The molecule has 0 heterocycles. The largest absolute Gasteiger partial charge is 0.497 e. The molecule has 0 bridgehead atoms. The van der Waals surface area contributed by atoms with Crippen LogP contribution in [0.25, 0.3) is 5.76 Å². The van der Waals surface area contributed by atoms with E-state index in [9.17, 15) is 14.4 Å². The predicted molar refractivity (Wildman–Crippen MR) is 274 cm³/mol. The van der Waals surface area contributed by atoms with E-state index >= 15 is 0 Å². The Bertz CT molecular complexity index is 1800. The molecule has 6 heteroatoms. The van der Waals surface area contributed by atoms with Crippen molar-refractivity contribution in [3.63, 3.8) is 0 Å². The zero-order chi connectivity index (χ0) is 48.1. The Hall–Kier alpha value is -4.97. The first-order valence-corrected chi connectivity index (χ1v) is 24.1. The summed E-state index contributed by atoms with van der Waals surface area (Å²) in [5, 5.41) is 0. The number of ketones is 1. The number of methoxy groups -OCH3 is 1. The van der Waals surface area contributed by atoms with Gasteiger partial charge in [-0.2, -0.15) is 0 Å². The van der Waals surface area contributed by atoms with Gasteiger partial charge in [-0.3, -0.25) is 9.59 Å². The highest BCUT2D eigenvalue weighted by Crippen LogP contribution is 2.28. The van der Waals surface area contributed by atoms with Crippen LogP contribution in [0, 0.1) is 19.8 Å². The minimum Gasteiger partial charge on any atom is -0.497 e. The third-order valence-electron chi connectivity index (χ3n) is 11.1. The molecule has 0 N–H and O–H groups in total. The maximum atomic E-state index is 12.9. The zero-order valence-electron chi connectivity index (χ0n) is 42.0. The van der Waals surface area contributed by atoms with Crippen LogP contribution in [0.2, 0.25) is 0 Å². The van der Waals surface area contributed by atoms with E-state index in [0.717, 1.165) is 66.4 Å². The van der Waals surface area contributed by atoms with Crippen molar-refractivity contribution in [1.82, 2.24) is 0 Å². The molecular weight excluding hydrogens is 793 g/mol. The van der Waals surface area contributed by atoms with Crippen molar-refractivity contribution in [1.29, 1.82) is 0 Å². The molecule has 1 aliphatic rings. The molecular formula is C58H86O6. The van der Waals surface area contributed by atoms with Gasteiger partial charge >= 0.3 is 5.97 Å². The second kappa shape index (κ2) is 37.4. The molecule has 0 radical (unpaired) electrons. The lowest BCUT2D eigenvalue weighted by Crippen LogP contribution is -2.19. The number of ether oxygens (including phenoxy) is 3. The van der Waals surface area contributed by atoms with Crippen LogP contribution in [0.3, 0.4) is 0 Å². The van der Waals surface area contributed by atoms with Gasteiger partial charge in [0.15, 0.2) is 5.78 Å². The number of allylic oxidation sites excluding steroid dienone is 5. The fourth-order valence-electron chi connectivity index (χ4n) is 6.24. The first-order chi connectivity index (χ1) is 30.8. The Kier molecular flexibility index (Phi) is 34.5. The van der Waals surface area contributed by atoms with E-state index in [2.05, 4.69) is 54.7 Å². The molecule has 0 aromatic heterocycles. The summed E-state index contributed by atoms with van der Waals surface area (Å²) in [6.45, 7) is 29.1. The number of hydrogen-bond donors (Lipinski definition) is 0. The Morgan fingerprint density at radius 1 is 0.688 bits per heavy atom. The van der Waals surface area contributed by atoms with Crippen molar-refractivity contribution in [2.75, 3.05) is 13.7 Å². The SMILES string of the molecule is C=C/C(CCC)=C(\C)CC.C=CC(=O)C1CCC1.CCCCCCCC.CCCCCOc1ccc(C(OC(=O)c2cc(OC)ccc2C)=C(C)CC)cc1.Cc1ccc(C=O)cc1. The normalized spacial score (nSPS) is 12.2. The van der Waals surface area contributed by atoms with E-state index in [-0.39, 0.29) is 11.8 Å². The van der Waals surface area contributed by atoms with Crippen LogP contribution in [0.5, 0.6) is 11.5 Å². The van der Waals surface area contributed by atoms with Crippen molar-refractivity contribution in [2.24, 2.45) is 5.92 Å². The van der Waals surface area contributed by atoms with E-state index in [1.165, 1.54) is 93.4 Å². The first kappa shape index (κ1) is 59.0. The fraction of sp³-hybridized carbons (Fsp3) is 0.500. The number of aldehydes is 1. The maximum Gasteiger partial charge on any atom is 0.343 e. The fourth-order valence-corrected chi connectivity index (χ4v) is 6.24. The molecule has 1 saturated carbocycles. The van der Waals surface area contributed by atoms with Crippen molar-refractivity contribution in [2.45, 2.75) is 172 Å². The average Bonchev–Trinajstić information content (AvgIpc) is 3.30. The monoisotopic (exact) mass is 879 g/mol. The second-order valence-electron chi connectivity index (χ2n) is 16.4. The van der Waals surface area contributed by atoms with Gasteiger partial charge in [0, 0.05) is 17.0 Å². The number of benzene rings is 3. The summed E-state index contributed by atoms with van der Waals surface area (Å²) < 4.78 is 16.9. The van der Waals surface area contributed by atoms with Crippen molar-refractivity contribution in [3.05, 3.63) is 137 Å². The third-order valence-corrected chi connectivity index (χ3v) is 11.1. The van der Waals surface area contributed by atoms with Gasteiger partial charge < -0.3 is 14.2 Å². The van der Waals surface area contributed by atoms with E-state index < -0.39 is 0 Å². The number of hydrogen-bond acceptors (Lipinski definition) is 6. The average molecular weight is 879 g/mol. The van der Waals surface area contributed by atoms with Crippen LogP contribution in [0.15, 0.2) is 109 Å². The van der Waals surface area contributed by atoms with Crippen LogP contribution in [-0.2, 0) is 9.53 Å². The van der Waals surface area contributed by atoms with Gasteiger partial charge in [-0.05, 0) is 125 Å². The molecule has 4 rings (SSSR count). The van der Waals surface area contributed by atoms with Crippen molar-refractivity contribution < 1.29 is 28.6 Å². The second-order valence-corrected chi connectivity index (χ2v) is 16.4. The van der Waals surface area contributed by atoms with E-state index in [1.54, 1.807) is 13.2 Å². The molecule has 64 heavy (non-hydrogen) atoms. The molecule has 0 atom stereocenters. The van der Waals surface area contributed by atoms with Crippen LogP contribution >= 0.6 is 0 Å². The Morgan fingerprint density at radius 2 is 1.25 bits per heavy atom. The number of esters is 1. The molecule has 354 valence electrons. The number of aryl methyl sites for hydroxylation is 2. The van der Waals surface area contributed by atoms with Gasteiger partial charge in [0.1, 0.15) is 23.5 Å². The molecule has 3 aromatic rings. The molecule has 0 aliphatic heterocycles. The Morgan fingerprint density at radius 3 is 1.69 bits per heavy atom. The van der Waals surface area contributed by atoms with E-state index in [0.29, 0.717) is 29.6 Å².